The summed E-state index contributed by atoms with van der Waals surface area (Å²) in [6, 6.07) is 10.4. The lowest BCUT2D eigenvalue weighted by Gasteiger charge is -2.20. The number of nitrogens with zero attached hydrogens (tertiary/aromatic N) is 5. The van der Waals surface area contributed by atoms with E-state index in [4.69, 9.17) is 9.57 Å². The van der Waals surface area contributed by atoms with Crippen LogP contribution in [0.5, 0.6) is 0 Å². The summed E-state index contributed by atoms with van der Waals surface area (Å²) in [4.78, 5) is 62.2. The first-order valence-electron chi connectivity index (χ1n) is 14.4. The molecule has 50 heavy (non-hydrogen) atoms. The summed E-state index contributed by atoms with van der Waals surface area (Å²) in [6.45, 7) is 0.430. The summed E-state index contributed by atoms with van der Waals surface area (Å²) in [5, 5.41) is 31.0. The van der Waals surface area contributed by atoms with Crippen LogP contribution in [0.1, 0.15) is 24.4 Å². The molecular formula is C24H34N7O16P3. The highest BCUT2D eigenvalue weighted by Crippen LogP contribution is 2.67. The molecule has 4 rings (SSSR count). The Morgan fingerprint density at radius 3 is 2.38 bits per heavy atom. The molecule has 3 heterocycles. The molecule has 7 atom stereocenters. The van der Waals surface area contributed by atoms with Gasteiger partial charge in [-0.25, -0.2) is 24.0 Å². The van der Waals surface area contributed by atoms with Crippen molar-refractivity contribution in [2.45, 2.75) is 51.0 Å². The third kappa shape index (κ3) is 12.2. The predicted octanol–water partition coefficient (Wildman–Crippen LogP) is -0.256. The molecule has 0 saturated carbocycles. The first kappa shape index (κ1) is 39.5. The smallest absolute Gasteiger partial charge is 0.387 e. The molecule has 3 aromatic rings. The summed E-state index contributed by atoms with van der Waals surface area (Å²) in [5.74, 6) is -0.223. The second kappa shape index (κ2) is 17.3. The molecule has 1 aliphatic heterocycles. The molecular weight excluding hydrogens is 735 g/mol. The lowest BCUT2D eigenvalue weighted by atomic mass is 10.1. The van der Waals surface area contributed by atoms with E-state index in [0.29, 0.717) is 0 Å². The normalized spacial score (nSPS) is 22.7. The van der Waals surface area contributed by atoms with Gasteiger partial charge in [0.15, 0.2) is 12.0 Å². The van der Waals surface area contributed by atoms with Gasteiger partial charge < -0.3 is 34.9 Å². The number of carbonyl (C=O) groups excluding carboxylic acids is 1. The number of anilines is 1. The molecule has 26 heteroatoms. The van der Waals surface area contributed by atoms with Crippen molar-refractivity contribution in [3.8, 4) is 0 Å². The lowest BCUT2D eigenvalue weighted by Crippen LogP contribution is -2.36. The van der Waals surface area contributed by atoms with E-state index in [2.05, 4.69) is 43.8 Å². The highest BCUT2D eigenvalue weighted by atomic mass is 31.3. The molecule has 1 amide bonds. The number of amides is 1. The monoisotopic (exact) mass is 769 g/mol. The van der Waals surface area contributed by atoms with E-state index >= 15 is 0 Å². The maximum atomic E-state index is 12.6. The minimum absolute atomic E-state index is 0.0163. The van der Waals surface area contributed by atoms with Gasteiger partial charge in [-0.2, -0.15) is 13.6 Å². The number of hydrogen-bond acceptors (Lipinski definition) is 17. The molecule has 0 aliphatic carbocycles. The zero-order valence-corrected chi connectivity index (χ0v) is 28.7. The molecule has 3 unspecified atom stereocenters. The van der Waals surface area contributed by atoms with Gasteiger partial charge in [-0.3, -0.25) is 27.9 Å². The summed E-state index contributed by atoms with van der Waals surface area (Å²) in [6.07, 6.45) is -4.21. The van der Waals surface area contributed by atoms with Crippen molar-refractivity contribution in [3.63, 3.8) is 0 Å². The van der Waals surface area contributed by atoms with E-state index in [1.54, 1.807) is 0 Å². The van der Waals surface area contributed by atoms with Crippen LogP contribution in [0.15, 0.2) is 53.6 Å². The van der Waals surface area contributed by atoms with Crippen LogP contribution in [0, 0.1) is 0 Å². The second-order valence-electron chi connectivity index (χ2n) is 10.3. The Labute approximate surface area is 282 Å². The van der Waals surface area contributed by atoms with Gasteiger partial charge in [0, 0.05) is 32.3 Å². The van der Waals surface area contributed by atoms with Crippen LogP contribution < -0.4 is 16.5 Å². The van der Waals surface area contributed by atoms with Gasteiger partial charge in [0.25, 0.3) is 0 Å². The second-order valence-corrected chi connectivity index (χ2v) is 15.0. The van der Waals surface area contributed by atoms with Gasteiger partial charge in [-0.05, 0) is 11.6 Å². The average Bonchev–Trinajstić information content (AvgIpc) is 3.58. The van der Waals surface area contributed by atoms with Gasteiger partial charge in [0.2, 0.25) is 5.91 Å². The van der Waals surface area contributed by atoms with Gasteiger partial charge in [0.1, 0.15) is 18.3 Å². The molecule has 7 N–H and O–H groups in total. The number of phosphoric ester groups is 2. The van der Waals surface area contributed by atoms with Gasteiger partial charge in [-0.15, -0.1) is 5.10 Å². The number of ether oxygens (including phenoxy) is 1. The number of benzene rings is 1. The molecule has 0 spiro atoms. The number of hydrogen-bond donors (Lipinski definition) is 7. The third-order valence-corrected chi connectivity index (χ3v) is 10.7. The molecule has 2 aromatic heterocycles. The first-order chi connectivity index (χ1) is 23.5. The molecule has 0 radical (unpaired) electrons. The van der Waals surface area contributed by atoms with E-state index in [1.807, 2.05) is 30.3 Å². The largest absolute Gasteiger partial charge is 0.490 e. The molecule has 1 aliphatic rings. The van der Waals surface area contributed by atoms with Crippen LogP contribution in [0.3, 0.4) is 0 Å². The topological polar surface area (TPSA) is 314 Å². The first-order valence-corrected chi connectivity index (χ1v) is 18.9. The minimum atomic E-state index is -5.82. The Hall–Kier alpha value is -3.24. The third-order valence-electron chi connectivity index (χ3n) is 6.43. The number of nitrogens with one attached hydrogen (secondary N) is 2. The van der Waals surface area contributed by atoms with Crippen molar-refractivity contribution in [1.82, 2.24) is 29.9 Å². The highest BCUT2D eigenvalue weighted by Gasteiger charge is 2.47. The number of rotatable bonds is 19. The summed E-state index contributed by atoms with van der Waals surface area (Å²) >= 11 is 0. The number of phosphoric acid groups is 3. The Balaban J connectivity index is 1.23. The van der Waals surface area contributed by atoms with Crippen molar-refractivity contribution in [1.29, 1.82) is 0 Å². The van der Waals surface area contributed by atoms with Gasteiger partial charge in [0.05, 0.1) is 32.1 Å². The van der Waals surface area contributed by atoms with Crippen LogP contribution in [-0.4, -0.2) is 93.4 Å². The van der Waals surface area contributed by atoms with E-state index in [1.165, 1.54) is 30.1 Å². The number of carbonyl (C=O) groups is 1. The molecule has 276 valence electrons. The molecule has 1 fully saturated rings. The quantitative estimate of drug-likeness (QED) is 0.0610. The van der Waals surface area contributed by atoms with Crippen molar-refractivity contribution >= 4 is 35.2 Å². The maximum absolute atomic E-state index is 12.6. The molecule has 23 nitrogen and oxygen atoms in total. The Morgan fingerprint density at radius 2 is 1.70 bits per heavy atom. The van der Waals surface area contributed by atoms with Crippen LogP contribution in [-0.2, 0) is 65.3 Å². The molecule has 1 saturated heterocycles. The van der Waals surface area contributed by atoms with Crippen molar-refractivity contribution in [2.24, 2.45) is 0 Å². The fourth-order valence-corrected chi connectivity index (χ4v) is 7.70. The number of aliphatic hydroxyl groups is 2. The summed E-state index contributed by atoms with van der Waals surface area (Å²) in [5.41, 5.74) is 2.69. The standard InChI is InChI=1S/C24H34N7O16P3/c1-16(32)25-9-11-30-13-18(27-29-30)8-12-43-48(36,37)46-50(40,41)47-49(38,39)44-15-19-21(33)22(34)23(45-19)31-10-7-20(26-24(31)35)28-42-14-17-5-3-2-4-6-17/h2-7,10,13,19,21-23,33-34H,8-9,11-12,14-15H2,1H3,(H,25,32)(H,36,37)(H,38,39)(H,40,41)(H,26,28,35)/t19-,21-,22-,23-/m1/s1. The van der Waals surface area contributed by atoms with Crippen molar-refractivity contribution < 1.29 is 70.6 Å². The van der Waals surface area contributed by atoms with Crippen LogP contribution >= 0.6 is 23.5 Å². The van der Waals surface area contributed by atoms with Gasteiger partial charge >= 0.3 is 29.2 Å². The lowest BCUT2D eigenvalue weighted by molar-refractivity contribution is -0.119. The van der Waals surface area contributed by atoms with E-state index in [-0.39, 0.29) is 43.5 Å². The Kier molecular flexibility index (Phi) is 13.7. The average molecular weight is 769 g/mol. The number of aliphatic hydroxyl groups excluding tert-OH is 2. The fraction of sp³-hybridized carbons (Fsp3) is 0.458. The van der Waals surface area contributed by atoms with Crippen LogP contribution in [0.4, 0.5) is 5.82 Å². The molecule has 1 aromatic carbocycles. The minimum Gasteiger partial charge on any atom is -0.387 e. The highest BCUT2D eigenvalue weighted by molar-refractivity contribution is 7.66. The van der Waals surface area contributed by atoms with E-state index in [0.717, 1.165) is 10.1 Å². The fourth-order valence-electron chi connectivity index (χ4n) is 4.19. The van der Waals surface area contributed by atoms with Gasteiger partial charge in [-0.1, -0.05) is 35.5 Å². The zero-order valence-electron chi connectivity index (χ0n) is 26.0. The van der Waals surface area contributed by atoms with Crippen LogP contribution in [0.25, 0.3) is 0 Å². The predicted molar refractivity (Wildman–Crippen MR) is 165 cm³/mol. The summed E-state index contributed by atoms with van der Waals surface area (Å²) < 4.78 is 61.6. The van der Waals surface area contributed by atoms with E-state index in [9.17, 15) is 48.2 Å². The van der Waals surface area contributed by atoms with Crippen LogP contribution in [0.2, 0.25) is 0 Å². The SMILES string of the molecule is CC(=O)NCCn1cc(CCOP(=O)(O)OP(=O)(O)OP(=O)(O)OC[C@H]2O[C@@H](n3ccc(NOCc4ccccc4)nc3=O)[C@H](O)[C@@H]2O)nn1. The summed E-state index contributed by atoms with van der Waals surface area (Å²) in [7, 11) is -16.8. The Morgan fingerprint density at radius 1 is 1.00 bits per heavy atom. The zero-order chi connectivity index (χ0) is 36.5. The molecule has 0 bridgehead atoms. The maximum Gasteiger partial charge on any atom is 0.490 e. The van der Waals surface area contributed by atoms with E-state index < -0.39 is 66.9 Å². The van der Waals surface area contributed by atoms with Crippen molar-refractivity contribution in [3.05, 3.63) is 70.5 Å². The Bertz CT molecular complexity index is 1800. The number of aromatic nitrogens is 5. The van der Waals surface area contributed by atoms with Crippen molar-refractivity contribution in [2.75, 3.05) is 25.2 Å².